The largest absolute Gasteiger partial charge is 0.393 e. The summed E-state index contributed by atoms with van der Waals surface area (Å²) in [6.45, 7) is 8.53. The number of aromatic nitrogens is 2. The molecule has 7 heteroatoms. The Morgan fingerprint density at radius 1 is 1.38 bits per heavy atom. The maximum Gasteiger partial charge on any atom is 0.290 e. The highest BCUT2D eigenvalue weighted by Gasteiger charge is 2.43. The smallest absolute Gasteiger partial charge is 0.290 e. The van der Waals surface area contributed by atoms with Crippen LogP contribution in [0.5, 0.6) is 0 Å². The van der Waals surface area contributed by atoms with Gasteiger partial charge in [-0.1, -0.05) is 20.8 Å². The lowest BCUT2D eigenvalue weighted by Crippen LogP contribution is -2.42. The molecule has 1 unspecified atom stereocenters. The standard InChI is InChI=1S/C14H25N3O3S/c1-5-7-16-12(10(2)3)11(15)13(18)17(16)14(4)6-8-21(19,20)9-14/h10H,5-9,15H2,1-4H3. The number of anilines is 1. The molecule has 1 aliphatic rings. The van der Waals surface area contributed by atoms with E-state index < -0.39 is 15.4 Å². The first kappa shape index (κ1) is 16.1. The number of sulfone groups is 1. The van der Waals surface area contributed by atoms with E-state index in [9.17, 15) is 13.2 Å². The van der Waals surface area contributed by atoms with Gasteiger partial charge >= 0.3 is 0 Å². The topological polar surface area (TPSA) is 87.1 Å². The van der Waals surface area contributed by atoms with Crippen molar-refractivity contribution < 1.29 is 8.42 Å². The first-order chi connectivity index (χ1) is 9.63. The van der Waals surface area contributed by atoms with Crippen molar-refractivity contribution in [2.75, 3.05) is 17.2 Å². The van der Waals surface area contributed by atoms with Crippen molar-refractivity contribution >= 4 is 15.5 Å². The summed E-state index contributed by atoms with van der Waals surface area (Å²) in [6, 6.07) is 0. The van der Waals surface area contributed by atoms with Gasteiger partial charge in [0.05, 0.1) is 22.7 Å². The Labute approximate surface area is 125 Å². The highest BCUT2D eigenvalue weighted by atomic mass is 32.2. The molecular formula is C14H25N3O3S. The van der Waals surface area contributed by atoms with Crippen LogP contribution in [0.15, 0.2) is 4.79 Å². The van der Waals surface area contributed by atoms with Gasteiger partial charge in [0, 0.05) is 6.54 Å². The van der Waals surface area contributed by atoms with Crippen molar-refractivity contribution in [2.45, 2.75) is 58.5 Å². The van der Waals surface area contributed by atoms with Gasteiger partial charge in [-0.15, -0.1) is 0 Å². The predicted molar refractivity (Wildman–Crippen MR) is 84.4 cm³/mol. The number of hydrogen-bond donors (Lipinski definition) is 1. The Balaban J connectivity index is 2.69. The molecule has 1 aliphatic heterocycles. The highest BCUT2D eigenvalue weighted by molar-refractivity contribution is 7.91. The van der Waals surface area contributed by atoms with Crippen molar-refractivity contribution in [2.24, 2.45) is 0 Å². The van der Waals surface area contributed by atoms with E-state index in [1.54, 1.807) is 4.68 Å². The fourth-order valence-electron chi connectivity index (χ4n) is 3.32. The van der Waals surface area contributed by atoms with Gasteiger partial charge in [-0.25, -0.2) is 13.1 Å². The molecule has 0 saturated carbocycles. The number of nitrogen functional groups attached to an aromatic ring is 1. The lowest BCUT2D eigenvalue weighted by Gasteiger charge is -2.28. The normalized spacial score (nSPS) is 24.8. The van der Waals surface area contributed by atoms with Crippen LogP contribution in [0.4, 0.5) is 5.69 Å². The van der Waals surface area contributed by atoms with Crippen molar-refractivity contribution in [1.29, 1.82) is 0 Å². The van der Waals surface area contributed by atoms with Crippen molar-refractivity contribution in [3.05, 3.63) is 16.0 Å². The summed E-state index contributed by atoms with van der Waals surface area (Å²) >= 11 is 0. The van der Waals surface area contributed by atoms with Gasteiger partial charge in [0.1, 0.15) is 5.69 Å². The molecule has 0 aromatic carbocycles. The van der Waals surface area contributed by atoms with Crippen LogP contribution >= 0.6 is 0 Å². The maximum absolute atomic E-state index is 12.6. The second-order valence-electron chi connectivity index (χ2n) is 6.53. The van der Waals surface area contributed by atoms with E-state index in [-0.39, 0.29) is 28.7 Å². The van der Waals surface area contributed by atoms with Crippen LogP contribution in [0, 0.1) is 0 Å². The monoisotopic (exact) mass is 315 g/mol. The summed E-state index contributed by atoms with van der Waals surface area (Å²) in [4.78, 5) is 12.6. The molecule has 0 amide bonds. The zero-order valence-corrected chi connectivity index (χ0v) is 14.0. The SMILES string of the molecule is CCCn1c(C(C)C)c(N)c(=O)n1C1(C)CCS(=O)(=O)C1. The Kier molecular flexibility index (Phi) is 3.99. The third-order valence-corrected chi connectivity index (χ3v) is 6.08. The Morgan fingerprint density at radius 3 is 2.43 bits per heavy atom. The zero-order valence-electron chi connectivity index (χ0n) is 13.2. The number of nitrogens with two attached hydrogens (primary N) is 1. The molecule has 2 N–H and O–H groups in total. The molecule has 1 aromatic heterocycles. The summed E-state index contributed by atoms with van der Waals surface area (Å²) in [5, 5.41) is 0. The molecule has 0 aliphatic carbocycles. The molecule has 0 spiro atoms. The van der Waals surface area contributed by atoms with Gasteiger partial charge in [0.25, 0.3) is 5.56 Å². The van der Waals surface area contributed by atoms with Crippen LogP contribution in [-0.2, 0) is 21.9 Å². The molecule has 0 radical (unpaired) electrons. The molecule has 2 rings (SSSR count). The van der Waals surface area contributed by atoms with E-state index in [1.807, 2.05) is 32.4 Å². The Hall–Kier alpha value is -1.24. The number of hydrogen-bond acceptors (Lipinski definition) is 4. The van der Waals surface area contributed by atoms with E-state index in [2.05, 4.69) is 0 Å². The average Bonchev–Trinajstić information content (AvgIpc) is 2.76. The van der Waals surface area contributed by atoms with Gasteiger partial charge in [0.2, 0.25) is 0 Å². The van der Waals surface area contributed by atoms with Gasteiger partial charge in [0.15, 0.2) is 9.84 Å². The highest BCUT2D eigenvalue weighted by Crippen LogP contribution is 2.32. The second kappa shape index (κ2) is 5.19. The minimum absolute atomic E-state index is 0.00457. The summed E-state index contributed by atoms with van der Waals surface area (Å²) < 4.78 is 27.2. The molecule has 1 aromatic rings. The van der Waals surface area contributed by atoms with Crippen LogP contribution in [0.25, 0.3) is 0 Å². The zero-order chi connectivity index (χ0) is 16.0. The summed E-state index contributed by atoms with van der Waals surface area (Å²) in [6.07, 6.45) is 1.32. The predicted octanol–water partition coefficient (Wildman–Crippen LogP) is 1.30. The van der Waals surface area contributed by atoms with E-state index in [4.69, 9.17) is 5.73 Å². The summed E-state index contributed by atoms with van der Waals surface area (Å²) in [5.41, 5.74) is 6.13. The van der Waals surface area contributed by atoms with Crippen LogP contribution in [0.3, 0.4) is 0 Å². The van der Waals surface area contributed by atoms with Crippen molar-refractivity contribution in [3.8, 4) is 0 Å². The van der Waals surface area contributed by atoms with Gasteiger partial charge in [-0.05, 0) is 25.7 Å². The van der Waals surface area contributed by atoms with E-state index >= 15 is 0 Å². The van der Waals surface area contributed by atoms with Crippen molar-refractivity contribution in [3.63, 3.8) is 0 Å². The van der Waals surface area contributed by atoms with Crippen molar-refractivity contribution in [1.82, 2.24) is 9.36 Å². The van der Waals surface area contributed by atoms with Crippen LogP contribution in [0.2, 0.25) is 0 Å². The fourth-order valence-corrected chi connectivity index (χ4v) is 5.43. The first-order valence-electron chi connectivity index (χ1n) is 7.45. The Morgan fingerprint density at radius 2 is 2.00 bits per heavy atom. The minimum atomic E-state index is -3.09. The van der Waals surface area contributed by atoms with Crippen LogP contribution in [0.1, 0.15) is 52.1 Å². The molecular weight excluding hydrogens is 290 g/mol. The van der Waals surface area contributed by atoms with Crippen LogP contribution < -0.4 is 11.3 Å². The fraction of sp³-hybridized carbons (Fsp3) is 0.786. The van der Waals surface area contributed by atoms with E-state index in [0.29, 0.717) is 13.0 Å². The second-order valence-corrected chi connectivity index (χ2v) is 8.72. The molecule has 1 fully saturated rings. The van der Waals surface area contributed by atoms with Crippen LogP contribution in [-0.4, -0.2) is 29.3 Å². The maximum atomic E-state index is 12.6. The lowest BCUT2D eigenvalue weighted by atomic mass is 10.0. The Bertz CT molecular complexity index is 700. The third kappa shape index (κ3) is 2.63. The molecule has 0 bridgehead atoms. The number of nitrogens with zero attached hydrogens (tertiary/aromatic N) is 2. The summed E-state index contributed by atoms with van der Waals surface area (Å²) in [5.74, 6) is 0.251. The molecule has 1 atom stereocenters. The molecule has 120 valence electrons. The van der Waals surface area contributed by atoms with Gasteiger partial charge in [-0.2, -0.15) is 0 Å². The lowest BCUT2D eigenvalue weighted by molar-refractivity contribution is 0.259. The minimum Gasteiger partial charge on any atom is -0.393 e. The van der Waals surface area contributed by atoms with Gasteiger partial charge < -0.3 is 5.73 Å². The van der Waals surface area contributed by atoms with E-state index in [1.165, 1.54) is 0 Å². The van der Waals surface area contributed by atoms with Gasteiger partial charge in [-0.3, -0.25) is 9.48 Å². The quantitative estimate of drug-likeness (QED) is 0.907. The summed E-state index contributed by atoms with van der Waals surface area (Å²) in [7, 11) is -3.09. The average molecular weight is 315 g/mol. The molecule has 2 heterocycles. The first-order valence-corrected chi connectivity index (χ1v) is 9.27. The molecule has 1 saturated heterocycles. The van der Waals surface area contributed by atoms with E-state index in [0.717, 1.165) is 12.1 Å². The number of rotatable bonds is 4. The molecule has 21 heavy (non-hydrogen) atoms. The molecule has 6 nitrogen and oxygen atoms in total. The third-order valence-electron chi connectivity index (χ3n) is 4.19.